The Morgan fingerprint density at radius 3 is 2.18 bits per heavy atom. The molecule has 0 saturated carbocycles. The SMILES string of the molecule is C=CC1=C(c2ccccc2C)C2(C3=C(C=CCC3)c3ccccc32)c2cc(CN=C(/C=C(\N=C)c3ccccc3)c3ccccc3)ccc21. The van der Waals surface area contributed by atoms with Crippen molar-refractivity contribution in [3.8, 4) is 0 Å². The summed E-state index contributed by atoms with van der Waals surface area (Å²) < 4.78 is 0. The largest absolute Gasteiger partial charge is 0.280 e. The molecule has 1 unspecified atom stereocenters. The van der Waals surface area contributed by atoms with Crippen molar-refractivity contribution in [1.29, 1.82) is 0 Å². The van der Waals surface area contributed by atoms with Crippen LogP contribution < -0.4 is 0 Å². The van der Waals surface area contributed by atoms with Gasteiger partial charge < -0.3 is 0 Å². The van der Waals surface area contributed by atoms with Crippen LogP contribution in [0, 0.1) is 6.92 Å². The van der Waals surface area contributed by atoms with Gasteiger partial charge in [-0.05, 0) is 99.4 Å². The van der Waals surface area contributed by atoms with E-state index in [1.807, 2.05) is 24.3 Å². The molecule has 3 aliphatic carbocycles. The molecule has 5 aromatic rings. The van der Waals surface area contributed by atoms with Gasteiger partial charge in [0.2, 0.25) is 0 Å². The van der Waals surface area contributed by atoms with Crippen molar-refractivity contribution >= 4 is 34.8 Å². The van der Waals surface area contributed by atoms with Crippen LogP contribution in [0.3, 0.4) is 0 Å². The van der Waals surface area contributed by atoms with E-state index in [1.54, 1.807) is 0 Å². The molecule has 0 N–H and O–H groups in total. The highest BCUT2D eigenvalue weighted by molar-refractivity contribution is 6.13. The topological polar surface area (TPSA) is 24.7 Å². The van der Waals surface area contributed by atoms with E-state index in [2.05, 4.69) is 153 Å². The third-order valence-electron chi connectivity index (χ3n) is 10.3. The van der Waals surface area contributed by atoms with Gasteiger partial charge in [-0.2, -0.15) is 0 Å². The van der Waals surface area contributed by atoms with Gasteiger partial charge in [-0.15, -0.1) is 0 Å². The Morgan fingerprint density at radius 2 is 1.45 bits per heavy atom. The van der Waals surface area contributed by atoms with Crippen molar-refractivity contribution in [3.05, 3.63) is 214 Å². The molecule has 0 bridgehead atoms. The van der Waals surface area contributed by atoms with E-state index in [9.17, 15) is 0 Å². The number of hydrogen-bond acceptors (Lipinski definition) is 2. The van der Waals surface area contributed by atoms with Gasteiger partial charge in [-0.1, -0.05) is 152 Å². The second-order valence-corrected chi connectivity index (χ2v) is 12.9. The van der Waals surface area contributed by atoms with Crippen molar-refractivity contribution < 1.29 is 0 Å². The summed E-state index contributed by atoms with van der Waals surface area (Å²) in [6.45, 7) is 11.1. The van der Waals surface area contributed by atoms with Crippen LogP contribution in [0.2, 0.25) is 0 Å². The number of benzene rings is 5. The van der Waals surface area contributed by atoms with Gasteiger partial charge >= 0.3 is 0 Å². The van der Waals surface area contributed by atoms with Gasteiger partial charge in [0.1, 0.15) is 0 Å². The fourth-order valence-corrected chi connectivity index (χ4v) is 8.19. The molecule has 0 fully saturated rings. The molecule has 49 heavy (non-hydrogen) atoms. The molecule has 8 rings (SSSR count). The van der Waals surface area contributed by atoms with Gasteiger partial charge in [0, 0.05) is 5.56 Å². The highest BCUT2D eigenvalue weighted by Gasteiger charge is 2.54. The number of nitrogens with zero attached hydrogens (tertiary/aromatic N) is 2. The minimum Gasteiger partial charge on any atom is -0.280 e. The molecule has 0 amide bonds. The Labute approximate surface area is 289 Å². The lowest BCUT2D eigenvalue weighted by Gasteiger charge is -2.36. The monoisotopic (exact) mass is 630 g/mol. The lowest BCUT2D eigenvalue weighted by atomic mass is 9.65. The van der Waals surface area contributed by atoms with Crippen LogP contribution in [0.25, 0.3) is 22.4 Å². The maximum absolute atomic E-state index is 5.27. The molecule has 5 aromatic carbocycles. The van der Waals surface area contributed by atoms with Crippen molar-refractivity contribution in [2.75, 3.05) is 0 Å². The Morgan fingerprint density at radius 1 is 0.755 bits per heavy atom. The number of rotatable bonds is 8. The predicted octanol–water partition coefficient (Wildman–Crippen LogP) is 11.2. The third-order valence-corrected chi connectivity index (χ3v) is 10.3. The fraction of sp³-hybridized carbons (Fsp3) is 0.106. The number of hydrogen-bond donors (Lipinski definition) is 0. The minimum absolute atomic E-state index is 0.406. The molecule has 3 aliphatic rings. The van der Waals surface area contributed by atoms with E-state index in [-0.39, 0.29) is 0 Å². The zero-order valence-corrected chi connectivity index (χ0v) is 27.9. The van der Waals surface area contributed by atoms with E-state index in [0.29, 0.717) is 6.54 Å². The van der Waals surface area contributed by atoms with Crippen molar-refractivity contribution in [1.82, 2.24) is 0 Å². The fourth-order valence-electron chi connectivity index (χ4n) is 8.19. The van der Waals surface area contributed by atoms with E-state index in [4.69, 9.17) is 4.99 Å². The van der Waals surface area contributed by atoms with E-state index >= 15 is 0 Å². The van der Waals surface area contributed by atoms with Crippen molar-refractivity contribution in [3.63, 3.8) is 0 Å². The molecular formula is C47H38N2. The maximum atomic E-state index is 5.27. The van der Waals surface area contributed by atoms with Crippen LogP contribution in [-0.4, -0.2) is 12.4 Å². The quantitative estimate of drug-likeness (QED) is 0.152. The summed E-state index contributed by atoms with van der Waals surface area (Å²) in [5.74, 6) is 0. The second-order valence-electron chi connectivity index (χ2n) is 12.9. The Kier molecular flexibility index (Phi) is 7.86. The summed E-state index contributed by atoms with van der Waals surface area (Å²) in [5.41, 5.74) is 17.8. The smallest absolute Gasteiger partial charge is 0.0716 e. The Balaban J connectivity index is 1.32. The average Bonchev–Trinajstić information content (AvgIpc) is 3.62. The molecular weight excluding hydrogens is 593 g/mol. The van der Waals surface area contributed by atoms with Crippen molar-refractivity contribution in [2.24, 2.45) is 9.98 Å². The Bertz CT molecular complexity index is 2280. The van der Waals surface area contributed by atoms with Gasteiger partial charge in [-0.3, -0.25) is 9.98 Å². The predicted molar refractivity (Wildman–Crippen MR) is 208 cm³/mol. The zero-order chi connectivity index (χ0) is 33.4. The number of fused-ring (bicyclic) bond motifs is 6. The van der Waals surface area contributed by atoms with E-state index in [1.165, 1.54) is 61.2 Å². The molecule has 0 heterocycles. The first-order valence-corrected chi connectivity index (χ1v) is 17.1. The zero-order valence-electron chi connectivity index (χ0n) is 27.9. The van der Waals surface area contributed by atoms with Gasteiger partial charge in [0.05, 0.1) is 23.4 Å². The van der Waals surface area contributed by atoms with Crippen LogP contribution in [0.4, 0.5) is 0 Å². The Hall–Kier alpha value is -5.86. The average molecular weight is 631 g/mol. The van der Waals surface area contributed by atoms with Crippen LogP contribution in [-0.2, 0) is 12.0 Å². The summed E-state index contributed by atoms with van der Waals surface area (Å²) >= 11 is 0. The molecule has 1 spiro atoms. The number of aryl methyl sites for hydroxylation is 1. The standard InChI is InChI=1S/C47H38N2/c1-4-36-40-28-27-33(31-49-45(35-20-9-6-10-21-35)30-44(48-3)34-18-7-5-8-19-34)29-43(40)47(46(36)37-22-12-11-17-32(37)2)41-25-15-13-23-38(41)39-24-14-16-26-42(39)47/h4-15,17-25,27-30H,1,3,16,26,31H2,2H3/b44-30-,49-45?. The summed E-state index contributed by atoms with van der Waals surface area (Å²) in [4.78, 5) is 9.67. The van der Waals surface area contributed by atoms with E-state index < -0.39 is 5.41 Å². The van der Waals surface area contributed by atoms with Crippen LogP contribution in [0.1, 0.15) is 62.9 Å². The van der Waals surface area contributed by atoms with Gasteiger partial charge in [0.25, 0.3) is 0 Å². The summed E-state index contributed by atoms with van der Waals surface area (Å²) in [7, 11) is 0. The summed E-state index contributed by atoms with van der Waals surface area (Å²) in [6, 6.07) is 45.4. The number of aliphatic imine (C=N–C) groups is 2. The summed E-state index contributed by atoms with van der Waals surface area (Å²) in [5, 5.41) is 0. The molecule has 0 aromatic heterocycles. The molecule has 236 valence electrons. The van der Waals surface area contributed by atoms with Crippen molar-refractivity contribution in [2.45, 2.75) is 31.7 Å². The lowest BCUT2D eigenvalue weighted by molar-refractivity contribution is 0.747. The molecule has 1 atom stereocenters. The van der Waals surface area contributed by atoms with Crippen LogP contribution >= 0.6 is 0 Å². The molecule has 2 heteroatoms. The first kappa shape index (κ1) is 30.5. The summed E-state index contributed by atoms with van der Waals surface area (Å²) in [6.07, 6.45) is 10.9. The molecule has 0 saturated heterocycles. The normalized spacial score (nSPS) is 18.1. The first-order chi connectivity index (χ1) is 24.1. The minimum atomic E-state index is -0.406. The highest BCUT2D eigenvalue weighted by atomic mass is 14.8. The first-order valence-electron chi connectivity index (χ1n) is 17.1. The van der Waals surface area contributed by atoms with Crippen LogP contribution in [0.5, 0.6) is 0 Å². The maximum Gasteiger partial charge on any atom is 0.0716 e. The van der Waals surface area contributed by atoms with Crippen LogP contribution in [0.15, 0.2) is 174 Å². The molecule has 0 aliphatic heterocycles. The number of allylic oxidation sites excluding steroid dienone is 8. The lowest BCUT2D eigenvalue weighted by Crippen LogP contribution is -2.29. The van der Waals surface area contributed by atoms with Gasteiger partial charge in [-0.25, -0.2) is 0 Å². The molecule has 2 nitrogen and oxygen atoms in total. The van der Waals surface area contributed by atoms with Gasteiger partial charge in [0.15, 0.2) is 0 Å². The third kappa shape index (κ3) is 4.95. The second kappa shape index (κ2) is 12.6. The van der Waals surface area contributed by atoms with E-state index in [0.717, 1.165) is 35.4 Å². The molecule has 0 radical (unpaired) electrons. The highest BCUT2D eigenvalue weighted by Crippen LogP contribution is 2.65.